The van der Waals surface area contributed by atoms with Crippen LogP contribution in [0.3, 0.4) is 0 Å². The van der Waals surface area contributed by atoms with Crippen LogP contribution in [-0.4, -0.2) is 75.1 Å². The van der Waals surface area contributed by atoms with E-state index in [4.69, 9.17) is 0 Å². The summed E-state index contributed by atoms with van der Waals surface area (Å²) >= 11 is 0. The molecule has 1 amide bonds. The number of benzene rings is 2. The number of carbonyl (C=O) groups is 1. The molecule has 2 bridgehead atoms. The molecule has 5 heteroatoms. The van der Waals surface area contributed by atoms with Gasteiger partial charge in [0.05, 0.1) is 0 Å². The zero-order valence-corrected chi connectivity index (χ0v) is 21.5. The number of piperidine rings is 4. The van der Waals surface area contributed by atoms with Gasteiger partial charge in [-0.3, -0.25) is 9.69 Å². The Morgan fingerprint density at radius 2 is 1.71 bits per heavy atom. The maximum absolute atomic E-state index is 12.7. The van der Waals surface area contributed by atoms with Crippen LogP contribution in [0.5, 0.6) is 0 Å². The molecule has 4 fully saturated rings. The lowest BCUT2D eigenvalue weighted by Crippen LogP contribution is -2.58. The van der Waals surface area contributed by atoms with Crippen molar-refractivity contribution >= 4 is 11.6 Å². The highest BCUT2D eigenvalue weighted by molar-refractivity contribution is 5.94. The van der Waals surface area contributed by atoms with Crippen LogP contribution in [0.15, 0.2) is 54.6 Å². The van der Waals surface area contributed by atoms with E-state index in [0.29, 0.717) is 6.04 Å². The minimum atomic E-state index is 0.0490. The van der Waals surface area contributed by atoms with E-state index in [-0.39, 0.29) is 5.91 Å². The summed E-state index contributed by atoms with van der Waals surface area (Å²) < 4.78 is 0. The third-order valence-electron chi connectivity index (χ3n) is 8.73. The number of carbonyl (C=O) groups excluding carboxylic acids is 1. The lowest BCUT2D eigenvalue weighted by molar-refractivity contribution is -0.0151. The van der Waals surface area contributed by atoms with Gasteiger partial charge in [0, 0.05) is 51.0 Å². The molecule has 4 aliphatic rings. The normalized spacial score (nSPS) is 27.0. The zero-order chi connectivity index (χ0) is 24.2. The summed E-state index contributed by atoms with van der Waals surface area (Å²) in [5.74, 6) is 2.49. The van der Waals surface area contributed by atoms with Crippen molar-refractivity contribution in [1.29, 1.82) is 0 Å². The molecule has 1 N–H and O–H groups in total. The molecule has 4 atom stereocenters. The van der Waals surface area contributed by atoms with E-state index >= 15 is 0 Å². The fourth-order valence-electron chi connectivity index (χ4n) is 6.54. The molecule has 35 heavy (non-hydrogen) atoms. The molecule has 0 radical (unpaired) electrons. The number of hydrogen-bond acceptors (Lipinski definition) is 4. The molecule has 0 spiro atoms. The second kappa shape index (κ2) is 11.1. The Labute approximate surface area is 211 Å². The zero-order valence-electron chi connectivity index (χ0n) is 21.5. The number of likely N-dealkylation sites (tertiary alicyclic amines) is 1. The molecular formula is C30H42N4O. The van der Waals surface area contributed by atoms with Crippen molar-refractivity contribution in [2.24, 2.45) is 17.8 Å². The van der Waals surface area contributed by atoms with Crippen molar-refractivity contribution in [3.8, 4) is 0 Å². The smallest absolute Gasteiger partial charge is 0.251 e. The van der Waals surface area contributed by atoms with Crippen LogP contribution in [0, 0.1) is 17.8 Å². The first-order valence-corrected chi connectivity index (χ1v) is 13.6. The van der Waals surface area contributed by atoms with Gasteiger partial charge in [0.15, 0.2) is 0 Å². The molecule has 0 saturated carbocycles. The third-order valence-corrected chi connectivity index (χ3v) is 8.73. The number of amides is 1. The van der Waals surface area contributed by atoms with Crippen LogP contribution in [0.4, 0.5) is 5.69 Å². The van der Waals surface area contributed by atoms with E-state index in [1.165, 1.54) is 70.4 Å². The number of hydrogen-bond donors (Lipinski definition) is 1. The molecule has 5 nitrogen and oxygen atoms in total. The summed E-state index contributed by atoms with van der Waals surface area (Å²) in [4.78, 5) is 20.1. The molecule has 4 aliphatic heterocycles. The first kappa shape index (κ1) is 24.3. The van der Waals surface area contributed by atoms with E-state index in [1.807, 2.05) is 38.4 Å². The Morgan fingerprint density at radius 3 is 2.37 bits per heavy atom. The highest BCUT2D eigenvalue weighted by Crippen LogP contribution is 2.37. The fourth-order valence-corrected chi connectivity index (χ4v) is 6.54. The first-order chi connectivity index (χ1) is 17.0. The van der Waals surface area contributed by atoms with Gasteiger partial charge < -0.3 is 15.1 Å². The Balaban J connectivity index is 1.05. The monoisotopic (exact) mass is 474 g/mol. The van der Waals surface area contributed by atoms with Crippen LogP contribution in [-0.2, 0) is 6.42 Å². The van der Waals surface area contributed by atoms with Crippen molar-refractivity contribution < 1.29 is 4.79 Å². The first-order valence-electron chi connectivity index (χ1n) is 13.6. The quantitative estimate of drug-likeness (QED) is 0.624. The Hall–Kier alpha value is -2.37. The van der Waals surface area contributed by atoms with Crippen molar-refractivity contribution in [2.45, 2.75) is 38.1 Å². The van der Waals surface area contributed by atoms with E-state index in [0.717, 1.165) is 35.5 Å². The largest absolute Gasteiger partial charge is 0.378 e. The van der Waals surface area contributed by atoms with Crippen molar-refractivity contribution in [2.75, 3.05) is 58.3 Å². The predicted molar refractivity (Wildman–Crippen MR) is 144 cm³/mol. The Kier molecular flexibility index (Phi) is 7.74. The molecule has 6 rings (SSSR count). The Bertz CT molecular complexity index is 952. The second-order valence-electron chi connectivity index (χ2n) is 11.3. The van der Waals surface area contributed by atoms with Crippen molar-refractivity contribution in [1.82, 2.24) is 15.1 Å². The van der Waals surface area contributed by atoms with Crippen molar-refractivity contribution in [3.05, 3.63) is 65.7 Å². The summed E-state index contributed by atoms with van der Waals surface area (Å²) in [5.41, 5.74) is 3.36. The van der Waals surface area contributed by atoms with E-state index in [1.54, 1.807) is 0 Å². The average Bonchev–Trinajstić information content (AvgIpc) is 2.89. The molecule has 1 unspecified atom stereocenters. The van der Waals surface area contributed by atoms with Crippen LogP contribution < -0.4 is 10.2 Å². The number of fused-ring (bicyclic) bond motifs is 3. The molecule has 0 aromatic heterocycles. The van der Waals surface area contributed by atoms with Gasteiger partial charge in [0.2, 0.25) is 0 Å². The minimum Gasteiger partial charge on any atom is -0.378 e. The highest BCUT2D eigenvalue weighted by Gasteiger charge is 2.40. The molecule has 0 aliphatic carbocycles. The second-order valence-corrected chi connectivity index (χ2v) is 11.3. The third kappa shape index (κ3) is 6.07. The minimum absolute atomic E-state index is 0.0490. The lowest BCUT2D eigenvalue weighted by atomic mass is 9.75. The summed E-state index contributed by atoms with van der Waals surface area (Å²) in [5, 5.41) is 3.22. The maximum Gasteiger partial charge on any atom is 0.251 e. The molecule has 188 valence electrons. The van der Waals surface area contributed by atoms with Gasteiger partial charge in [-0.05, 0) is 99.3 Å². The van der Waals surface area contributed by atoms with E-state index < -0.39 is 0 Å². The molecular weight excluding hydrogens is 432 g/mol. The topological polar surface area (TPSA) is 38.8 Å². The molecule has 2 aromatic rings. The SMILES string of the molecule is CN(C)c1ccc(C(=O)NC[C@H]2C[C@@H]3CCN2C[C@@H]3CN2CCC(Cc3ccccc3)CC2)cc1. The van der Waals surface area contributed by atoms with E-state index in [9.17, 15) is 4.79 Å². The molecule has 4 saturated heterocycles. The maximum atomic E-state index is 12.7. The predicted octanol–water partition coefficient (Wildman–Crippen LogP) is 4.15. The van der Waals surface area contributed by atoms with Gasteiger partial charge in [0.1, 0.15) is 0 Å². The summed E-state index contributed by atoms with van der Waals surface area (Å²) in [6.45, 7) is 6.93. The number of nitrogens with zero attached hydrogens (tertiary/aromatic N) is 3. The van der Waals surface area contributed by atoms with Gasteiger partial charge in [0.25, 0.3) is 5.91 Å². The number of nitrogens with one attached hydrogen (secondary N) is 1. The van der Waals surface area contributed by atoms with Crippen LogP contribution in [0.1, 0.15) is 41.6 Å². The fraction of sp³-hybridized carbons (Fsp3) is 0.567. The van der Waals surface area contributed by atoms with Gasteiger partial charge in [-0.15, -0.1) is 0 Å². The van der Waals surface area contributed by atoms with E-state index in [2.05, 4.69) is 50.3 Å². The van der Waals surface area contributed by atoms with Crippen LogP contribution in [0.2, 0.25) is 0 Å². The number of anilines is 1. The Morgan fingerprint density at radius 1 is 0.971 bits per heavy atom. The van der Waals surface area contributed by atoms with Crippen molar-refractivity contribution in [3.63, 3.8) is 0 Å². The molecule has 4 heterocycles. The van der Waals surface area contributed by atoms with Gasteiger partial charge in [-0.25, -0.2) is 0 Å². The van der Waals surface area contributed by atoms with Crippen LogP contribution >= 0.6 is 0 Å². The summed E-state index contributed by atoms with van der Waals surface area (Å²) in [7, 11) is 4.03. The van der Waals surface area contributed by atoms with Gasteiger partial charge in [-0.2, -0.15) is 0 Å². The van der Waals surface area contributed by atoms with Crippen LogP contribution in [0.25, 0.3) is 0 Å². The highest BCUT2D eigenvalue weighted by atomic mass is 16.1. The standard InChI is InChI=1S/C30H42N4O/c1-32(2)28-10-8-25(9-11-28)30(35)31-20-29-19-26-14-17-34(29)22-27(26)21-33-15-12-24(13-16-33)18-23-6-4-3-5-7-23/h3-11,24,26-27,29H,12-22H2,1-2H3,(H,31,35)/t26-,27-,29+/m0/s1. The van der Waals surface area contributed by atoms with Gasteiger partial charge in [-0.1, -0.05) is 30.3 Å². The molecule has 2 aromatic carbocycles. The summed E-state index contributed by atoms with van der Waals surface area (Å²) in [6, 6.07) is 19.4. The average molecular weight is 475 g/mol. The summed E-state index contributed by atoms with van der Waals surface area (Å²) in [6.07, 6.45) is 6.46. The van der Waals surface area contributed by atoms with Gasteiger partial charge >= 0.3 is 0 Å². The number of rotatable bonds is 8. The lowest BCUT2D eigenvalue weighted by Gasteiger charge is -2.51.